The first kappa shape index (κ1) is 38.6. The quantitative estimate of drug-likeness (QED) is 0.134. The molecule has 8 nitrogen and oxygen atoms in total. The van der Waals surface area contributed by atoms with Gasteiger partial charge in [-0.1, -0.05) is 59.3 Å². The van der Waals surface area contributed by atoms with Crippen LogP contribution in [0.2, 0.25) is 0 Å². The molecule has 4 fully saturated rings. The molecule has 1 unspecified atom stereocenters. The van der Waals surface area contributed by atoms with Crippen LogP contribution in [0.5, 0.6) is 5.75 Å². The highest BCUT2D eigenvalue weighted by Gasteiger charge is 2.74. The number of ether oxygens (including phenoxy) is 3. The molecule has 0 heterocycles. The summed E-state index contributed by atoms with van der Waals surface area (Å²) in [7, 11) is 3.30. The fourth-order valence-electron chi connectivity index (χ4n) is 12.9. The molecule has 8 rings (SSSR count). The Morgan fingerprint density at radius 2 is 1.64 bits per heavy atom. The number of aliphatic hydroxyl groups is 2. The summed E-state index contributed by atoms with van der Waals surface area (Å²) in [4.78, 5) is 30.9. The van der Waals surface area contributed by atoms with Crippen molar-refractivity contribution in [2.24, 2.45) is 51.2 Å². The number of amides is 1. The van der Waals surface area contributed by atoms with Crippen molar-refractivity contribution in [2.75, 3.05) is 33.9 Å². The van der Waals surface area contributed by atoms with Crippen molar-refractivity contribution in [3.63, 3.8) is 0 Å². The number of allylic oxidation sites excluding steroid dienone is 4. The first-order chi connectivity index (χ1) is 25.2. The van der Waals surface area contributed by atoms with Gasteiger partial charge in [-0.15, -0.1) is 0 Å². The summed E-state index contributed by atoms with van der Waals surface area (Å²) in [5.41, 5.74) is -1.37. The molecule has 1 aromatic rings. The predicted octanol–water partition coefficient (Wildman–Crippen LogP) is 8.40. The van der Waals surface area contributed by atoms with Crippen LogP contribution in [0, 0.1) is 51.2 Å². The van der Waals surface area contributed by atoms with E-state index in [4.69, 9.17) is 14.2 Å². The lowest BCUT2D eigenvalue weighted by atomic mass is 9.32. The van der Waals surface area contributed by atoms with E-state index < -0.39 is 27.9 Å². The van der Waals surface area contributed by atoms with Gasteiger partial charge < -0.3 is 29.3 Å². The van der Waals surface area contributed by atoms with Crippen LogP contribution >= 0.6 is 0 Å². The van der Waals surface area contributed by atoms with E-state index in [1.807, 2.05) is 24.3 Å². The van der Waals surface area contributed by atoms with Crippen LogP contribution in [0.3, 0.4) is 0 Å². The van der Waals surface area contributed by atoms with E-state index in [2.05, 4.69) is 52.8 Å². The number of carbonyl (C=O) groups excluding carboxylic acids is 2. The molecule has 8 heteroatoms. The zero-order chi connectivity index (χ0) is 38.0. The van der Waals surface area contributed by atoms with Crippen molar-refractivity contribution in [2.45, 2.75) is 123 Å². The third-order valence-electron chi connectivity index (χ3n) is 16.0. The molecule has 1 amide bonds. The number of hydrogen-bond donors (Lipinski definition) is 2. The molecule has 0 radical (unpaired) electrons. The van der Waals surface area contributed by atoms with Gasteiger partial charge in [-0.05, 0) is 123 Å². The highest BCUT2D eigenvalue weighted by molar-refractivity contribution is 6.10. The molecule has 1 aromatic carbocycles. The third-order valence-corrected chi connectivity index (χ3v) is 16.0. The molecule has 7 aliphatic carbocycles. The maximum absolute atomic E-state index is 14.9. The SMILES string of the molecule is COCCCN(C[C@]1(O)CC[C@H]2[C@]34C=C[C@@]5(C=C3C(=O)c3ccc(OC)cc3)CC(O)CC[C@]5(C)[C@H]4CC[C@@]21C)C(=O)O[C@H]1C[C@@H](C)CC[C@@H]1C(C)C. The largest absolute Gasteiger partial charge is 0.497 e. The van der Waals surface area contributed by atoms with E-state index in [1.54, 1.807) is 19.1 Å². The van der Waals surface area contributed by atoms with Gasteiger partial charge in [-0.2, -0.15) is 0 Å². The molecule has 7 aliphatic rings. The highest BCUT2D eigenvalue weighted by atomic mass is 16.6. The van der Waals surface area contributed by atoms with Gasteiger partial charge >= 0.3 is 6.09 Å². The number of benzene rings is 1. The van der Waals surface area contributed by atoms with Crippen molar-refractivity contribution < 1.29 is 34.0 Å². The number of rotatable bonds is 11. The summed E-state index contributed by atoms with van der Waals surface area (Å²) >= 11 is 0. The molecular weight excluding hydrogens is 666 g/mol. The fourth-order valence-corrected chi connectivity index (χ4v) is 12.9. The molecule has 292 valence electrons. The lowest BCUT2D eigenvalue weighted by Crippen LogP contribution is -2.67. The number of hydrogen-bond acceptors (Lipinski definition) is 7. The Balaban J connectivity index is 1.24. The minimum Gasteiger partial charge on any atom is -0.497 e. The van der Waals surface area contributed by atoms with E-state index in [-0.39, 0.29) is 41.8 Å². The molecule has 0 saturated heterocycles. The number of Topliss-reactive ketones (excluding diaryl/α,β-unsaturated/α-hetero) is 1. The normalized spacial score (nSPS) is 41.3. The van der Waals surface area contributed by atoms with E-state index in [1.165, 1.54) is 0 Å². The summed E-state index contributed by atoms with van der Waals surface area (Å²) < 4.78 is 17.3. The molecular formula is C45H65NO7. The first-order valence-corrected chi connectivity index (χ1v) is 20.6. The average Bonchev–Trinajstić information content (AvgIpc) is 3.40. The molecule has 2 bridgehead atoms. The van der Waals surface area contributed by atoms with Crippen molar-refractivity contribution in [1.82, 2.24) is 4.90 Å². The number of nitrogens with zero attached hydrogens (tertiary/aromatic N) is 1. The van der Waals surface area contributed by atoms with Crippen molar-refractivity contribution in [3.8, 4) is 5.75 Å². The Hall–Kier alpha value is -2.68. The fraction of sp³-hybridized carbons (Fsp3) is 0.733. The summed E-state index contributed by atoms with van der Waals surface area (Å²) in [6, 6.07) is 7.42. The van der Waals surface area contributed by atoms with Gasteiger partial charge in [0.15, 0.2) is 5.78 Å². The van der Waals surface area contributed by atoms with Crippen LogP contribution in [0.1, 0.15) is 116 Å². The van der Waals surface area contributed by atoms with E-state index in [0.717, 1.165) is 56.9 Å². The zero-order valence-corrected chi connectivity index (χ0v) is 33.4. The Bertz CT molecular complexity index is 1600. The van der Waals surface area contributed by atoms with Crippen LogP contribution in [-0.2, 0) is 9.47 Å². The number of carbonyl (C=O) groups is 2. The average molecular weight is 732 g/mol. The maximum atomic E-state index is 14.9. The molecule has 4 saturated carbocycles. The van der Waals surface area contributed by atoms with Gasteiger partial charge in [0, 0.05) is 47.6 Å². The summed E-state index contributed by atoms with van der Waals surface area (Å²) in [6.45, 7) is 12.5. The molecule has 53 heavy (non-hydrogen) atoms. The van der Waals surface area contributed by atoms with Gasteiger partial charge in [0.1, 0.15) is 11.9 Å². The van der Waals surface area contributed by atoms with Crippen LogP contribution in [0.25, 0.3) is 0 Å². The van der Waals surface area contributed by atoms with Crippen molar-refractivity contribution in [1.29, 1.82) is 0 Å². The second kappa shape index (κ2) is 14.1. The predicted molar refractivity (Wildman–Crippen MR) is 206 cm³/mol. The topological polar surface area (TPSA) is 106 Å². The van der Waals surface area contributed by atoms with Crippen LogP contribution in [0.4, 0.5) is 4.79 Å². The zero-order valence-electron chi connectivity index (χ0n) is 33.4. The van der Waals surface area contributed by atoms with Gasteiger partial charge in [-0.3, -0.25) is 4.79 Å². The smallest absolute Gasteiger partial charge is 0.410 e. The lowest BCUT2D eigenvalue weighted by molar-refractivity contribution is -0.175. The summed E-state index contributed by atoms with van der Waals surface area (Å²) in [5, 5.41) is 24.1. The number of fused-ring (bicyclic) bond motifs is 1. The van der Waals surface area contributed by atoms with E-state index in [0.29, 0.717) is 61.5 Å². The lowest BCUT2D eigenvalue weighted by Gasteiger charge is -2.71. The molecule has 0 aromatic heterocycles. The molecule has 2 spiro atoms. The van der Waals surface area contributed by atoms with Crippen LogP contribution in [-0.4, -0.2) is 78.7 Å². The number of ketones is 1. The van der Waals surface area contributed by atoms with Crippen LogP contribution < -0.4 is 4.74 Å². The summed E-state index contributed by atoms with van der Waals surface area (Å²) in [5.74, 6) is 2.17. The number of aliphatic hydroxyl groups excluding tert-OH is 1. The van der Waals surface area contributed by atoms with Crippen molar-refractivity contribution in [3.05, 3.63) is 53.6 Å². The third kappa shape index (κ3) is 6.03. The standard InChI is InChI=1S/C45H65NO7/c1-29(2)34-14-9-30(3)25-36(34)53-40(49)46(23-8-24-51-6)28-44(50)20-17-38-42(44,5)19-16-37-41(4)18-15-32(47)26-43(41)21-22-45(37,38)35(27-43)39(48)31-10-12-33(52-7)13-11-31/h10-13,21-22,27,29-30,32,34,36-38,47,50H,8-9,14-20,23-26,28H2,1-7H3/t30-,32?,34+,36-,37+,38+,41+,42-,43-,44+,45+/m0/s1. The Morgan fingerprint density at radius 3 is 2.34 bits per heavy atom. The summed E-state index contributed by atoms with van der Waals surface area (Å²) in [6.07, 6.45) is 15.1. The molecule has 0 aliphatic heterocycles. The second-order valence-corrected chi connectivity index (χ2v) is 18.9. The minimum absolute atomic E-state index is 0.00761. The first-order valence-electron chi connectivity index (χ1n) is 20.6. The van der Waals surface area contributed by atoms with Gasteiger partial charge in [0.25, 0.3) is 0 Å². The van der Waals surface area contributed by atoms with E-state index >= 15 is 0 Å². The Kier molecular flexibility index (Phi) is 10.3. The molecule has 2 N–H and O–H groups in total. The Labute approximate surface area is 317 Å². The monoisotopic (exact) mass is 731 g/mol. The Morgan fingerprint density at radius 1 is 0.943 bits per heavy atom. The maximum Gasteiger partial charge on any atom is 0.410 e. The van der Waals surface area contributed by atoms with Crippen LogP contribution in [0.15, 0.2) is 48.1 Å². The van der Waals surface area contributed by atoms with E-state index in [9.17, 15) is 19.8 Å². The number of methoxy groups -OCH3 is 2. The molecule has 11 atom stereocenters. The minimum atomic E-state index is -1.17. The van der Waals surface area contributed by atoms with Crippen molar-refractivity contribution >= 4 is 11.9 Å². The highest BCUT2D eigenvalue weighted by Crippen LogP contribution is 2.78. The van der Waals surface area contributed by atoms with Gasteiger partial charge in [-0.25, -0.2) is 4.79 Å². The van der Waals surface area contributed by atoms with Gasteiger partial charge in [0.05, 0.1) is 25.4 Å². The van der Waals surface area contributed by atoms with Gasteiger partial charge in [0.2, 0.25) is 0 Å². The second-order valence-electron chi connectivity index (χ2n) is 18.9.